The van der Waals surface area contributed by atoms with Crippen molar-refractivity contribution in [3.63, 3.8) is 0 Å². The molecule has 3 aromatic rings. The molecule has 0 radical (unpaired) electrons. The second kappa shape index (κ2) is 11.6. The van der Waals surface area contributed by atoms with Gasteiger partial charge in [-0.25, -0.2) is 0 Å². The van der Waals surface area contributed by atoms with E-state index >= 15 is 0 Å². The van der Waals surface area contributed by atoms with Crippen LogP contribution in [0.25, 0.3) is 17.1 Å². The third-order valence-corrected chi connectivity index (χ3v) is 7.61. The van der Waals surface area contributed by atoms with Crippen molar-refractivity contribution in [3.05, 3.63) is 48.5 Å². The molecule has 0 bridgehead atoms. The third-order valence-electron chi connectivity index (χ3n) is 6.58. The second-order valence-electron chi connectivity index (χ2n) is 8.72. The summed E-state index contributed by atoms with van der Waals surface area (Å²) in [6, 6.07) is 15.9. The van der Waals surface area contributed by atoms with E-state index in [1.165, 1.54) is 31.0 Å². The lowest BCUT2D eigenvalue weighted by Crippen LogP contribution is -2.44. The van der Waals surface area contributed by atoms with Crippen molar-refractivity contribution in [2.75, 3.05) is 20.8 Å². The lowest BCUT2D eigenvalue weighted by molar-refractivity contribution is -0.133. The van der Waals surface area contributed by atoms with E-state index in [1.807, 2.05) is 60.0 Å². The molecule has 4 rings (SSSR count). The molecule has 0 spiro atoms. The van der Waals surface area contributed by atoms with Gasteiger partial charge in [0.05, 0.1) is 30.7 Å². The van der Waals surface area contributed by atoms with Gasteiger partial charge in [-0.3, -0.25) is 9.36 Å². The van der Waals surface area contributed by atoms with Crippen molar-refractivity contribution in [2.24, 2.45) is 0 Å². The quantitative estimate of drug-likeness (QED) is 0.360. The molecule has 1 heterocycles. The zero-order valence-corrected chi connectivity index (χ0v) is 21.8. The zero-order chi connectivity index (χ0) is 24.8. The molecule has 1 fully saturated rings. The molecule has 0 saturated heterocycles. The number of aromatic nitrogens is 3. The standard InChI is InChI=1S/C27H34N4O3S/c1-5-30(20-11-7-6-8-12-20)26(32)19(2)35-27-29-28-25(23-13-9-10-14-24(23)34-4)31(27)21-15-17-22(33-3)18-16-21/h9-10,13-20H,5-8,11-12H2,1-4H3. The van der Waals surface area contributed by atoms with Gasteiger partial charge >= 0.3 is 0 Å². The molecule has 1 saturated carbocycles. The van der Waals surface area contributed by atoms with Crippen LogP contribution in [-0.2, 0) is 4.79 Å². The number of hydrogen-bond acceptors (Lipinski definition) is 6. The van der Waals surface area contributed by atoms with Gasteiger partial charge in [0.15, 0.2) is 11.0 Å². The first-order valence-corrected chi connectivity index (χ1v) is 13.2. The highest BCUT2D eigenvalue weighted by Crippen LogP contribution is 2.35. The predicted octanol–water partition coefficient (Wildman–Crippen LogP) is 5.61. The molecule has 7 nitrogen and oxygen atoms in total. The Bertz CT molecular complexity index is 1130. The Kier molecular flexibility index (Phi) is 8.33. The SMILES string of the molecule is CCN(C(=O)C(C)Sc1nnc(-c2ccccc2OC)n1-c1ccc(OC)cc1)C1CCCCC1. The first-order chi connectivity index (χ1) is 17.1. The van der Waals surface area contributed by atoms with Gasteiger partial charge in [0, 0.05) is 12.6 Å². The normalized spacial score (nSPS) is 15.0. The highest BCUT2D eigenvalue weighted by Gasteiger charge is 2.30. The van der Waals surface area contributed by atoms with Crippen molar-refractivity contribution in [2.45, 2.75) is 62.4 Å². The summed E-state index contributed by atoms with van der Waals surface area (Å²) in [4.78, 5) is 15.6. The van der Waals surface area contributed by atoms with E-state index in [1.54, 1.807) is 14.2 Å². The van der Waals surface area contributed by atoms with Gasteiger partial charge in [0.2, 0.25) is 5.91 Å². The van der Waals surface area contributed by atoms with Gasteiger partial charge in [-0.15, -0.1) is 10.2 Å². The fourth-order valence-corrected chi connectivity index (χ4v) is 5.68. The van der Waals surface area contributed by atoms with Gasteiger partial charge in [0.1, 0.15) is 11.5 Å². The van der Waals surface area contributed by atoms with E-state index in [9.17, 15) is 4.79 Å². The maximum absolute atomic E-state index is 13.5. The maximum atomic E-state index is 13.5. The first kappa shape index (κ1) is 25.1. The van der Waals surface area contributed by atoms with E-state index in [0.717, 1.165) is 36.4 Å². The van der Waals surface area contributed by atoms with Crippen molar-refractivity contribution >= 4 is 17.7 Å². The van der Waals surface area contributed by atoms with Gasteiger partial charge in [-0.05, 0) is 63.1 Å². The van der Waals surface area contributed by atoms with Crippen LogP contribution in [0.5, 0.6) is 11.5 Å². The number of rotatable bonds is 9. The topological polar surface area (TPSA) is 69.5 Å². The Morgan fingerprint density at radius 2 is 1.77 bits per heavy atom. The smallest absolute Gasteiger partial charge is 0.236 e. The minimum Gasteiger partial charge on any atom is -0.497 e. The van der Waals surface area contributed by atoms with E-state index < -0.39 is 0 Å². The lowest BCUT2D eigenvalue weighted by Gasteiger charge is -2.35. The Morgan fingerprint density at radius 3 is 2.43 bits per heavy atom. The number of benzene rings is 2. The average molecular weight is 495 g/mol. The molecule has 1 atom stereocenters. The number of ether oxygens (including phenoxy) is 2. The van der Waals surface area contributed by atoms with Crippen molar-refractivity contribution < 1.29 is 14.3 Å². The molecule has 1 unspecified atom stereocenters. The predicted molar refractivity (Wildman–Crippen MR) is 139 cm³/mol. The Morgan fingerprint density at radius 1 is 1.06 bits per heavy atom. The molecular weight excluding hydrogens is 460 g/mol. The molecule has 186 valence electrons. The van der Waals surface area contributed by atoms with Crippen LogP contribution in [0.1, 0.15) is 46.0 Å². The number of hydrogen-bond donors (Lipinski definition) is 0. The first-order valence-electron chi connectivity index (χ1n) is 12.3. The molecule has 0 N–H and O–H groups in total. The van der Waals surface area contributed by atoms with E-state index in [4.69, 9.17) is 9.47 Å². The van der Waals surface area contributed by atoms with E-state index in [-0.39, 0.29) is 11.2 Å². The monoisotopic (exact) mass is 494 g/mol. The number of carbonyl (C=O) groups is 1. The molecule has 1 aromatic heterocycles. The summed E-state index contributed by atoms with van der Waals surface area (Å²) in [6.45, 7) is 4.77. The van der Waals surface area contributed by atoms with Crippen LogP contribution in [0, 0.1) is 0 Å². The average Bonchev–Trinajstić information content (AvgIpc) is 3.32. The summed E-state index contributed by atoms with van der Waals surface area (Å²) in [7, 11) is 3.29. The summed E-state index contributed by atoms with van der Waals surface area (Å²) in [5.74, 6) is 2.30. The molecule has 1 aliphatic carbocycles. The lowest BCUT2D eigenvalue weighted by atomic mass is 9.94. The summed E-state index contributed by atoms with van der Waals surface area (Å²) in [6.07, 6.45) is 5.85. The van der Waals surface area contributed by atoms with Crippen LogP contribution in [0.2, 0.25) is 0 Å². The van der Waals surface area contributed by atoms with Gasteiger partial charge in [-0.1, -0.05) is 43.2 Å². The molecule has 1 amide bonds. The molecule has 1 aliphatic rings. The fraction of sp³-hybridized carbons (Fsp3) is 0.444. The van der Waals surface area contributed by atoms with Crippen LogP contribution >= 0.6 is 11.8 Å². The number of amides is 1. The van der Waals surface area contributed by atoms with Crippen LogP contribution in [0.4, 0.5) is 0 Å². The second-order valence-corrected chi connectivity index (χ2v) is 10.0. The third kappa shape index (κ3) is 5.48. The largest absolute Gasteiger partial charge is 0.497 e. The Labute approximate surface area is 211 Å². The van der Waals surface area contributed by atoms with Crippen LogP contribution < -0.4 is 9.47 Å². The highest BCUT2D eigenvalue weighted by molar-refractivity contribution is 8.00. The number of para-hydroxylation sites is 1. The molecule has 8 heteroatoms. The fourth-order valence-electron chi connectivity index (χ4n) is 4.74. The Hall–Kier alpha value is -3.00. The number of thioether (sulfide) groups is 1. The van der Waals surface area contributed by atoms with Gasteiger partial charge in [-0.2, -0.15) is 0 Å². The van der Waals surface area contributed by atoms with E-state index in [2.05, 4.69) is 22.0 Å². The van der Waals surface area contributed by atoms with E-state index in [0.29, 0.717) is 22.8 Å². The molecule has 2 aromatic carbocycles. The summed E-state index contributed by atoms with van der Waals surface area (Å²) in [5, 5.41) is 9.44. The highest BCUT2D eigenvalue weighted by atomic mass is 32.2. The van der Waals surface area contributed by atoms with Crippen LogP contribution in [-0.4, -0.2) is 57.6 Å². The summed E-state index contributed by atoms with van der Waals surface area (Å²) >= 11 is 1.45. The molecular formula is C27H34N4O3S. The minimum absolute atomic E-state index is 0.160. The van der Waals surface area contributed by atoms with Gasteiger partial charge < -0.3 is 14.4 Å². The van der Waals surface area contributed by atoms with Crippen LogP contribution in [0.15, 0.2) is 53.7 Å². The number of carbonyl (C=O) groups excluding carboxylic acids is 1. The Balaban J connectivity index is 1.68. The molecule has 35 heavy (non-hydrogen) atoms. The van der Waals surface area contributed by atoms with Crippen molar-refractivity contribution in [3.8, 4) is 28.6 Å². The maximum Gasteiger partial charge on any atom is 0.236 e. The van der Waals surface area contributed by atoms with Crippen LogP contribution in [0.3, 0.4) is 0 Å². The van der Waals surface area contributed by atoms with Gasteiger partial charge in [0.25, 0.3) is 0 Å². The zero-order valence-electron chi connectivity index (χ0n) is 20.9. The number of nitrogens with zero attached hydrogens (tertiary/aromatic N) is 4. The summed E-state index contributed by atoms with van der Waals surface area (Å²) in [5.41, 5.74) is 1.72. The molecule has 0 aliphatic heterocycles. The minimum atomic E-state index is -0.288. The van der Waals surface area contributed by atoms with Crippen molar-refractivity contribution in [1.29, 1.82) is 0 Å². The number of methoxy groups -OCH3 is 2. The van der Waals surface area contributed by atoms with Crippen molar-refractivity contribution in [1.82, 2.24) is 19.7 Å². The summed E-state index contributed by atoms with van der Waals surface area (Å²) < 4.78 is 12.9.